The number of ether oxygens (including phenoxy) is 2. The van der Waals surface area contributed by atoms with Crippen molar-refractivity contribution >= 4 is 17.9 Å². The minimum absolute atomic E-state index is 0.116. The molecule has 36 heavy (non-hydrogen) atoms. The van der Waals surface area contributed by atoms with Crippen molar-refractivity contribution in [1.82, 2.24) is 0 Å². The van der Waals surface area contributed by atoms with Gasteiger partial charge in [-0.15, -0.1) is 0 Å². The topological polar surface area (TPSA) is 89.9 Å². The number of carbonyl (C=O) groups is 3. The third kappa shape index (κ3) is 7.11. The predicted octanol–water partition coefficient (Wildman–Crippen LogP) is 6.23. The molecule has 2 aliphatic carbocycles. The number of fused-ring (bicyclic) bond motifs is 2. The molecule has 3 aliphatic rings. The molecule has 3 fully saturated rings. The van der Waals surface area contributed by atoms with Gasteiger partial charge < -0.3 is 14.6 Å². The smallest absolute Gasteiger partial charge is 0.317 e. The standard InChI is InChI=1S/C30H50O6/c1-20-23-18-21(19-24(23)31)25(20)26-22(27(32)36-28(26)33)16-14-12-10-8-6-5-7-9-11-13-15-17-30(2,3)29(34)35-4/h20-26,31H,5-19H2,1-4H3. The molecule has 1 N–H and O–H groups in total. The van der Waals surface area contributed by atoms with Crippen molar-refractivity contribution in [1.29, 1.82) is 0 Å². The van der Waals surface area contributed by atoms with Gasteiger partial charge >= 0.3 is 17.9 Å². The van der Waals surface area contributed by atoms with Gasteiger partial charge in [0, 0.05) is 0 Å². The van der Waals surface area contributed by atoms with Crippen molar-refractivity contribution < 1.29 is 29.0 Å². The Kier molecular flexibility index (Phi) is 10.8. The van der Waals surface area contributed by atoms with Crippen LogP contribution in [0.15, 0.2) is 0 Å². The minimum atomic E-state index is -0.374. The maximum atomic E-state index is 12.6. The fourth-order valence-electron chi connectivity index (χ4n) is 7.48. The molecule has 0 amide bonds. The summed E-state index contributed by atoms with van der Waals surface area (Å²) in [7, 11) is 1.46. The lowest BCUT2D eigenvalue weighted by molar-refractivity contribution is -0.155. The molecule has 206 valence electrons. The highest BCUT2D eigenvalue weighted by molar-refractivity contribution is 5.96. The Labute approximate surface area is 218 Å². The zero-order valence-electron chi connectivity index (χ0n) is 23.1. The number of rotatable bonds is 16. The van der Waals surface area contributed by atoms with Crippen LogP contribution in [0.3, 0.4) is 0 Å². The van der Waals surface area contributed by atoms with Gasteiger partial charge in [0.05, 0.1) is 30.5 Å². The quantitative estimate of drug-likeness (QED) is 0.152. The molecule has 0 spiro atoms. The van der Waals surface area contributed by atoms with Crippen LogP contribution >= 0.6 is 0 Å². The summed E-state index contributed by atoms with van der Waals surface area (Å²) in [6.45, 7) is 6.07. The largest absolute Gasteiger partial charge is 0.469 e. The lowest BCUT2D eigenvalue weighted by Crippen LogP contribution is -2.38. The fourth-order valence-corrected chi connectivity index (χ4v) is 7.48. The van der Waals surface area contributed by atoms with E-state index in [4.69, 9.17) is 9.47 Å². The first-order valence-corrected chi connectivity index (χ1v) is 14.7. The fraction of sp³-hybridized carbons (Fsp3) is 0.900. The number of hydrogen-bond donors (Lipinski definition) is 1. The third-order valence-electron chi connectivity index (χ3n) is 9.62. The van der Waals surface area contributed by atoms with Gasteiger partial charge in [0.1, 0.15) is 0 Å². The van der Waals surface area contributed by atoms with Gasteiger partial charge in [0.25, 0.3) is 0 Å². The monoisotopic (exact) mass is 506 g/mol. The highest BCUT2D eigenvalue weighted by Crippen LogP contribution is 2.57. The second-order valence-electron chi connectivity index (χ2n) is 12.6. The number of hydrogen-bond acceptors (Lipinski definition) is 6. The maximum absolute atomic E-state index is 12.6. The molecule has 1 heterocycles. The molecule has 0 radical (unpaired) electrons. The van der Waals surface area contributed by atoms with Crippen molar-refractivity contribution in [2.45, 2.75) is 123 Å². The number of aliphatic hydroxyl groups excluding tert-OH is 1. The number of aliphatic hydroxyl groups is 1. The second kappa shape index (κ2) is 13.4. The molecular formula is C30H50O6. The van der Waals surface area contributed by atoms with Crippen LogP contribution in [0.4, 0.5) is 0 Å². The molecule has 0 aromatic carbocycles. The molecule has 2 saturated carbocycles. The van der Waals surface area contributed by atoms with E-state index in [-0.39, 0.29) is 59.0 Å². The number of esters is 3. The second-order valence-corrected chi connectivity index (χ2v) is 12.6. The summed E-state index contributed by atoms with van der Waals surface area (Å²) in [5.41, 5.74) is -0.374. The van der Waals surface area contributed by atoms with E-state index < -0.39 is 0 Å². The van der Waals surface area contributed by atoms with Gasteiger partial charge in [-0.3, -0.25) is 14.4 Å². The molecule has 3 rings (SSSR count). The van der Waals surface area contributed by atoms with Gasteiger partial charge in [0.15, 0.2) is 0 Å². The van der Waals surface area contributed by atoms with Crippen LogP contribution in [-0.4, -0.2) is 36.2 Å². The van der Waals surface area contributed by atoms with Crippen molar-refractivity contribution in [3.05, 3.63) is 0 Å². The Morgan fingerprint density at radius 1 is 0.917 bits per heavy atom. The molecule has 7 unspecified atom stereocenters. The lowest BCUT2D eigenvalue weighted by Gasteiger charge is -2.35. The number of methoxy groups -OCH3 is 1. The molecule has 6 heteroatoms. The Bertz CT molecular complexity index is 744. The van der Waals surface area contributed by atoms with E-state index >= 15 is 0 Å². The van der Waals surface area contributed by atoms with Crippen molar-refractivity contribution in [3.63, 3.8) is 0 Å². The normalized spacial score (nSPS) is 31.8. The third-order valence-corrected chi connectivity index (χ3v) is 9.62. The number of cyclic esters (lactones) is 2. The van der Waals surface area contributed by atoms with Crippen LogP contribution in [-0.2, 0) is 23.9 Å². The lowest BCUT2D eigenvalue weighted by atomic mass is 9.68. The van der Waals surface area contributed by atoms with Crippen LogP contribution in [0.5, 0.6) is 0 Å². The summed E-state index contributed by atoms with van der Waals surface area (Å²) in [5.74, 6) is -0.180. The summed E-state index contributed by atoms with van der Waals surface area (Å²) >= 11 is 0. The van der Waals surface area contributed by atoms with Gasteiger partial charge in [0.2, 0.25) is 0 Å². The SMILES string of the molecule is COC(=O)C(C)(C)CCCCCCCCCCCCCC1C(=O)OC(=O)C1C1C2CC(O)C(C2)C1C. The summed E-state index contributed by atoms with van der Waals surface area (Å²) in [6.07, 6.45) is 16.2. The van der Waals surface area contributed by atoms with Gasteiger partial charge in [-0.25, -0.2) is 0 Å². The van der Waals surface area contributed by atoms with E-state index in [1.54, 1.807) is 0 Å². The van der Waals surface area contributed by atoms with Crippen LogP contribution < -0.4 is 0 Å². The van der Waals surface area contributed by atoms with E-state index in [0.29, 0.717) is 5.92 Å². The van der Waals surface area contributed by atoms with Crippen LogP contribution in [0.25, 0.3) is 0 Å². The molecular weight excluding hydrogens is 456 g/mol. The van der Waals surface area contributed by atoms with Gasteiger partial charge in [-0.05, 0) is 63.2 Å². The molecule has 1 aliphatic heterocycles. The first kappa shape index (κ1) is 29.1. The summed E-state index contributed by atoms with van der Waals surface area (Å²) in [4.78, 5) is 36.7. The maximum Gasteiger partial charge on any atom is 0.317 e. The van der Waals surface area contributed by atoms with E-state index in [1.807, 2.05) is 13.8 Å². The Morgan fingerprint density at radius 2 is 1.47 bits per heavy atom. The molecule has 6 nitrogen and oxygen atoms in total. The van der Waals surface area contributed by atoms with E-state index in [1.165, 1.54) is 58.5 Å². The summed E-state index contributed by atoms with van der Waals surface area (Å²) in [6, 6.07) is 0. The molecule has 7 atom stereocenters. The zero-order valence-corrected chi connectivity index (χ0v) is 23.1. The van der Waals surface area contributed by atoms with Gasteiger partial charge in [-0.1, -0.05) is 77.6 Å². The number of carbonyl (C=O) groups excluding carboxylic acids is 3. The number of unbranched alkanes of at least 4 members (excludes halogenated alkanes) is 10. The highest BCUT2D eigenvalue weighted by atomic mass is 16.6. The van der Waals surface area contributed by atoms with E-state index in [2.05, 4.69) is 6.92 Å². The van der Waals surface area contributed by atoms with Crippen LogP contribution in [0, 0.1) is 40.9 Å². The van der Waals surface area contributed by atoms with Crippen LogP contribution in [0.1, 0.15) is 117 Å². The Morgan fingerprint density at radius 3 is 2.00 bits per heavy atom. The summed E-state index contributed by atoms with van der Waals surface area (Å²) < 4.78 is 9.98. The Hall–Kier alpha value is -1.43. The molecule has 0 aromatic rings. The zero-order chi connectivity index (χ0) is 26.3. The van der Waals surface area contributed by atoms with Crippen LogP contribution in [0.2, 0.25) is 0 Å². The first-order valence-electron chi connectivity index (χ1n) is 14.7. The first-order chi connectivity index (χ1) is 17.2. The van der Waals surface area contributed by atoms with Crippen molar-refractivity contribution in [2.75, 3.05) is 7.11 Å². The molecule has 0 aromatic heterocycles. The predicted molar refractivity (Wildman–Crippen MR) is 139 cm³/mol. The molecule has 2 bridgehead atoms. The average Bonchev–Trinajstić information content (AvgIpc) is 3.45. The summed E-state index contributed by atoms with van der Waals surface area (Å²) in [5, 5.41) is 10.2. The van der Waals surface area contributed by atoms with Crippen molar-refractivity contribution in [3.8, 4) is 0 Å². The van der Waals surface area contributed by atoms with E-state index in [9.17, 15) is 19.5 Å². The van der Waals surface area contributed by atoms with Gasteiger partial charge in [-0.2, -0.15) is 0 Å². The average molecular weight is 507 g/mol. The minimum Gasteiger partial charge on any atom is -0.469 e. The highest BCUT2D eigenvalue weighted by Gasteiger charge is 2.59. The molecule has 1 saturated heterocycles. The van der Waals surface area contributed by atoms with E-state index in [0.717, 1.165) is 44.9 Å². The van der Waals surface area contributed by atoms with Crippen molar-refractivity contribution in [2.24, 2.45) is 40.9 Å². The Balaban J connectivity index is 1.22.